The van der Waals surface area contributed by atoms with E-state index < -0.39 is 0 Å². The molecule has 1 aromatic carbocycles. The van der Waals surface area contributed by atoms with Crippen LogP contribution in [-0.4, -0.2) is 12.6 Å². The third-order valence-corrected chi connectivity index (χ3v) is 3.37. The summed E-state index contributed by atoms with van der Waals surface area (Å²) in [5.41, 5.74) is 8.27. The third kappa shape index (κ3) is 3.72. The molecule has 0 amide bonds. The summed E-state index contributed by atoms with van der Waals surface area (Å²) in [4.78, 5) is 2.23. The fourth-order valence-corrected chi connectivity index (χ4v) is 2.36. The first kappa shape index (κ1) is 15.0. The zero-order valence-corrected chi connectivity index (χ0v) is 12.7. The average Bonchev–Trinajstić information content (AvgIpc) is 2.30. The second-order valence-electron chi connectivity index (χ2n) is 4.69. The van der Waals surface area contributed by atoms with Gasteiger partial charge in [-0.2, -0.15) is 5.26 Å². The number of nitrogens with two attached hydrogens (primary N) is 1. The molecule has 0 aliphatic rings. The van der Waals surface area contributed by atoms with Crippen molar-refractivity contribution < 1.29 is 0 Å². The molecule has 0 bridgehead atoms. The molecule has 18 heavy (non-hydrogen) atoms. The van der Waals surface area contributed by atoms with E-state index in [1.165, 1.54) is 0 Å². The molecule has 0 aliphatic carbocycles. The van der Waals surface area contributed by atoms with Crippen LogP contribution in [0.5, 0.6) is 0 Å². The Hall–Kier alpha value is -1.05. The summed E-state index contributed by atoms with van der Waals surface area (Å²) in [6, 6.07) is 8.66. The number of hydrogen-bond acceptors (Lipinski definition) is 3. The number of rotatable bonds is 5. The van der Waals surface area contributed by atoms with Crippen LogP contribution in [0, 0.1) is 11.3 Å². The lowest BCUT2D eigenvalue weighted by molar-refractivity contribution is 0.676. The van der Waals surface area contributed by atoms with Crippen LogP contribution in [0.25, 0.3) is 0 Å². The van der Waals surface area contributed by atoms with E-state index in [0.29, 0.717) is 12.5 Å². The quantitative estimate of drug-likeness (QED) is 0.904. The summed E-state index contributed by atoms with van der Waals surface area (Å²) in [7, 11) is 0. The highest BCUT2D eigenvalue weighted by molar-refractivity contribution is 9.10. The van der Waals surface area contributed by atoms with Crippen molar-refractivity contribution in [2.75, 3.05) is 11.4 Å². The first-order chi connectivity index (χ1) is 8.47. The van der Waals surface area contributed by atoms with Gasteiger partial charge in [-0.25, -0.2) is 0 Å². The molecule has 0 spiro atoms. The Morgan fingerprint density at radius 1 is 1.39 bits per heavy atom. The molecule has 1 rings (SSSR count). The van der Waals surface area contributed by atoms with Crippen molar-refractivity contribution in [1.29, 1.82) is 5.26 Å². The van der Waals surface area contributed by atoms with Gasteiger partial charge in [-0.3, -0.25) is 0 Å². The van der Waals surface area contributed by atoms with Crippen molar-refractivity contribution in [2.24, 2.45) is 5.73 Å². The van der Waals surface area contributed by atoms with E-state index in [1.54, 1.807) is 0 Å². The molecule has 98 valence electrons. The molecule has 3 nitrogen and oxygen atoms in total. The predicted octanol–water partition coefficient (Wildman–Crippen LogP) is 3.60. The zero-order chi connectivity index (χ0) is 13.7. The van der Waals surface area contributed by atoms with E-state index in [0.717, 1.165) is 22.3 Å². The first-order valence-corrected chi connectivity index (χ1v) is 6.95. The molecule has 4 heteroatoms. The van der Waals surface area contributed by atoms with Crippen molar-refractivity contribution in [3.63, 3.8) is 0 Å². The van der Waals surface area contributed by atoms with Gasteiger partial charge >= 0.3 is 0 Å². The monoisotopic (exact) mass is 309 g/mol. The molecule has 2 N–H and O–H groups in total. The maximum Gasteiger partial charge on any atom is 0.0640 e. The van der Waals surface area contributed by atoms with Crippen LogP contribution in [0.15, 0.2) is 22.7 Å². The van der Waals surface area contributed by atoms with Gasteiger partial charge < -0.3 is 10.6 Å². The lowest BCUT2D eigenvalue weighted by Crippen LogP contribution is -2.33. The molecule has 0 fully saturated rings. The number of benzene rings is 1. The minimum absolute atomic E-state index is 0.0270. The Morgan fingerprint density at radius 3 is 2.56 bits per heavy atom. The highest BCUT2D eigenvalue weighted by Crippen LogP contribution is 2.30. The van der Waals surface area contributed by atoms with E-state index in [9.17, 15) is 0 Å². The van der Waals surface area contributed by atoms with Crippen LogP contribution in [-0.2, 0) is 0 Å². The van der Waals surface area contributed by atoms with Crippen molar-refractivity contribution in [2.45, 2.75) is 39.3 Å². The standard InChI is InChI=1S/C14H20BrN3/c1-10(2)18(8-4-7-16)14-6-5-12(15)9-13(14)11(3)17/h5-6,9-11H,4,8,17H2,1-3H3. The van der Waals surface area contributed by atoms with Crippen LogP contribution in [0.3, 0.4) is 0 Å². The Balaban J connectivity index is 3.15. The van der Waals surface area contributed by atoms with Crippen LogP contribution < -0.4 is 10.6 Å². The summed E-state index contributed by atoms with van der Waals surface area (Å²) >= 11 is 3.48. The lowest BCUT2D eigenvalue weighted by Gasteiger charge is -2.31. The van der Waals surface area contributed by atoms with Gasteiger partial charge in [0.15, 0.2) is 0 Å². The smallest absolute Gasteiger partial charge is 0.0640 e. The van der Waals surface area contributed by atoms with Gasteiger partial charge in [0.05, 0.1) is 12.5 Å². The second-order valence-corrected chi connectivity index (χ2v) is 5.60. The number of nitrogens with zero attached hydrogens (tertiary/aromatic N) is 2. The fourth-order valence-electron chi connectivity index (χ4n) is 1.98. The summed E-state index contributed by atoms with van der Waals surface area (Å²) in [6.07, 6.45) is 0.520. The third-order valence-electron chi connectivity index (χ3n) is 2.88. The van der Waals surface area contributed by atoms with E-state index in [2.05, 4.69) is 52.9 Å². The minimum Gasteiger partial charge on any atom is -0.368 e. The SMILES string of the molecule is CC(N)c1cc(Br)ccc1N(CCC#N)C(C)C. The molecular formula is C14H20BrN3. The van der Waals surface area contributed by atoms with Crippen molar-refractivity contribution in [1.82, 2.24) is 0 Å². The Labute approximate surface area is 118 Å². The van der Waals surface area contributed by atoms with Crippen LogP contribution >= 0.6 is 15.9 Å². The summed E-state index contributed by atoms with van der Waals surface area (Å²) in [6.45, 7) is 6.97. The normalized spacial score (nSPS) is 12.3. The molecule has 1 unspecified atom stereocenters. The molecule has 0 radical (unpaired) electrons. The fraction of sp³-hybridized carbons (Fsp3) is 0.500. The van der Waals surface area contributed by atoms with Crippen molar-refractivity contribution >= 4 is 21.6 Å². The number of nitriles is 1. The summed E-state index contributed by atoms with van der Waals surface area (Å²) in [5, 5.41) is 8.76. The number of hydrogen-bond donors (Lipinski definition) is 1. The summed E-state index contributed by atoms with van der Waals surface area (Å²) < 4.78 is 1.03. The maximum absolute atomic E-state index is 8.76. The van der Waals surface area contributed by atoms with E-state index in [1.807, 2.05) is 13.0 Å². The van der Waals surface area contributed by atoms with Crippen molar-refractivity contribution in [3.05, 3.63) is 28.2 Å². The second kappa shape index (κ2) is 6.77. The van der Waals surface area contributed by atoms with E-state index >= 15 is 0 Å². The van der Waals surface area contributed by atoms with Gasteiger partial charge in [0, 0.05) is 28.8 Å². The van der Waals surface area contributed by atoms with Crippen LogP contribution in [0.4, 0.5) is 5.69 Å². The predicted molar refractivity (Wildman–Crippen MR) is 79.5 cm³/mol. The largest absolute Gasteiger partial charge is 0.368 e. The Bertz CT molecular complexity index is 435. The Morgan fingerprint density at radius 2 is 2.06 bits per heavy atom. The van der Waals surface area contributed by atoms with Crippen molar-refractivity contribution in [3.8, 4) is 6.07 Å². The lowest BCUT2D eigenvalue weighted by atomic mass is 10.0. The molecule has 0 saturated heterocycles. The molecule has 0 heterocycles. The average molecular weight is 310 g/mol. The van der Waals surface area contributed by atoms with E-state index in [-0.39, 0.29) is 6.04 Å². The highest BCUT2D eigenvalue weighted by atomic mass is 79.9. The van der Waals surface area contributed by atoms with Crippen LogP contribution in [0.1, 0.15) is 38.8 Å². The van der Waals surface area contributed by atoms with Crippen LogP contribution in [0.2, 0.25) is 0 Å². The van der Waals surface area contributed by atoms with Gasteiger partial charge in [0.1, 0.15) is 0 Å². The van der Waals surface area contributed by atoms with Gasteiger partial charge in [-0.15, -0.1) is 0 Å². The van der Waals surface area contributed by atoms with Gasteiger partial charge in [0.2, 0.25) is 0 Å². The molecule has 0 saturated carbocycles. The number of anilines is 1. The molecule has 1 aromatic rings. The molecular weight excluding hydrogens is 290 g/mol. The van der Waals surface area contributed by atoms with Gasteiger partial charge in [-0.05, 0) is 44.5 Å². The molecule has 0 aromatic heterocycles. The van der Waals surface area contributed by atoms with Gasteiger partial charge in [-0.1, -0.05) is 15.9 Å². The maximum atomic E-state index is 8.76. The van der Waals surface area contributed by atoms with Gasteiger partial charge in [0.25, 0.3) is 0 Å². The first-order valence-electron chi connectivity index (χ1n) is 6.16. The topological polar surface area (TPSA) is 53.0 Å². The molecule has 0 aliphatic heterocycles. The minimum atomic E-state index is -0.0270. The zero-order valence-electron chi connectivity index (χ0n) is 11.2. The summed E-state index contributed by atoms with van der Waals surface area (Å²) in [5.74, 6) is 0. The van der Waals surface area contributed by atoms with E-state index in [4.69, 9.17) is 11.0 Å². The Kier molecular flexibility index (Phi) is 5.64. The molecule has 1 atom stereocenters. The number of halogens is 1. The highest BCUT2D eigenvalue weighted by Gasteiger charge is 2.16.